The summed E-state index contributed by atoms with van der Waals surface area (Å²) in [5.41, 5.74) is 2.89. The lowest BCUT2D eigenvalue weighted by Gasteiger charge is -2.02. The first-order valence-electron chi connectivity index (χ1n) is 6.32. The molecule has 0 amide bonds. The smallest absolute Gasteiger partial charge is 0.156 e. The molecule has 0 saturated heterocycles. The van der Waals surface area contributed by atoms with Gasteiger partial charge in [-0.2, -0.15) is 0 Å². The minimum absolute atomic E-state index is 0.585. The number of halogens is 1. The van der Waals surface area contributed by atoms with Crippen LogP contribution in [0, 0.1) is 0 Å². The molecule has 0 spiro atoms. The van der Waals surface area contributed by atoms with Crippen LogP contribution in [0.2, 0.25) is 5.02 Å². The minimum Gasteiger partial charge on any atom is -0.378 e. The summed E-state index contributed by atoms with van der Waals surface area (Å²) < 4.78 is 5.33. The zero-order valence-electron chi connectivity index (χ0n) is 10.7. The standard InChI is InChI=1S/C16H13ClN2O/c17-13-6-8-14(9-7-13)18-11-15-10-16(19-20-15)12-4-2-1-3-5-12/h1-10,18H,11H2. The van der Waals surface area contributed by atoms with Crippen molar-refractivity contribution in [1.29, 1.82) is 0 Å². The molecule has 0 unspecified atom stereocenters. The molecule has 1 heterocycles. The molecule has 3 nitrogen and oxygen atoms in total. The van der Waals surface area contributed by atoms with E-state index in [9.17, 15) is 0 Å². The van der Waals surface area contributed by atoms with Crippen LogP contribution in [0.1, 0.15) is 5.76 Å². The number of rotatable bonds is 4. The minimum atomic E-state index is 0.585. The van der Waals surface area contributed by atoms with Crippen LogP contribution in [0.15, 0.2) is 65.2 Å². The van der Waals surface area contributed by atoms with Crippen LogP contribution in [-0.2, 0) is 6.54 Å². The molecule has 20 heavy (non-hydrogen) atoms. The maximum atomic E-state index is 5.84. The molecule has 0 fully saturated rings. The number of aromatic nitrogens is 1. The lowest BCUT2D eigenvalue weighted by molar-refractivity contribution is 0.390. The highest BCUT2D eigenvalue weighted by molar-refractivity contribution is 6.30. The molecule has 100 valence electrons. The van der Waals surface area contributed by atoms with Gasteiger partial charge in [-0.25, -0.2) is 0 Å². The van der Waals surface area contributed by atoms with Gasteiger partial charge in [-0.1, -0.05) is 47.1 Å². The summed E-state index contributed by atoms with van der Waals surface area (Å²) in [6.07, 6.45) is 0. The molecule has 0 radical (unpaired) electrons. The number of hydrogen-bond donors (Lipinski definition) is 1. The van der Waals surface area contributed by atoms with E-state index in [-0.39, 0.29) is 0 Å². The molecule has 1 N–H and O–H groups in total. The third-order valence-electron chi connectivity index (χ3n) is 2.94. The van der Waals surface area contributed by atoms with Crippen molar-refractivity contribution in [1.82, 2.24) is 5.16 Å². The molecule has 0 atom stereocenters. The zero-order chi connectivity index (χ0) is 13.8. The van der Waals surface area contributed by atoms with E-state index < -0.39 is 0 Å². The monoisotopic (exact) mass is 284 g/mol. The molecule has 0 bridgehead atoms. The Morgan fingerprint density at radius 2 is 1.75 bits per heavy atom. The molecular weight excluding hydrogens is 272 g/mol. The van der Waals surface area contributed by atoms with Gasteiger partial charge in [-0.15, -0.1) is 0 Å². The second-order valence-electron chi connectivity index (χ2n) is 4.40. The van der Waals surface area contributed by atoms with E-state index in [0.717, 1.165) is 27.7 Å². The fraction of sp³-hybridized carbons (Fsp3) is 0.0625. The van der Waals surface area contributed by atoms with Crippen molar-refractivity contribution in [2.75, 3.05) is 5.32 Å². The van der Waals surface area contributed by atoms with Crippen molar-refractivity contribution in [3.8, 4) is 11.3 Å². The fourth-order valence-electron chi connectivity index (χ4n) is 1.90. The van der Waals surface area contributed by atoms with Crippen LogP contribution in [-0.4, -0.2) is 5.16 Å². The summed E-state index contributed by atoms with van der Waals surface area (Å²) >= 11 is 5.84. The maximum Gasteiger partial charge on any atom is 0.156 e. The molecule has 0 aliphatic heterocycles. The van der Waals surface area contributed by atoms with Gasteiger partial charge in [0.25, 0.3) is 0 Å². The van der Waals surface area contributed by atoms with Crippen molar-refractivity contribution >= 4 is 17.3 Å². The van der Waals surface area contributed by atoms with Gasteiger partial charge >= 0.3 is 0 Å². The fourth-order valence-corrected chi connectivity index (χ4v) is 2.02. The van der Waals surface area contributed by atoms with E-state index in [1.807, 2.05) is 60.7 Å². The van der Waals surface area contributed by atoms with Crippen molar-refractivity contribution < 1.29 is 4.52 Å². The SMILES string of the molecule is Clc1ccc(NCc2cc(-c3ccccc3)no2)cc1. The quantitative estimate of drug-likeness (QED) is 0.760. The summed E-state index contributed by atoms with van der Waals surface area (Å²) in [4.78, 5) is 0. The number of nitrogens with one attached hydrogen (secondary N) is 1. The van der Waals surface area contributed by atoms with E-state index in [1.165, 1.54) is 0 Å². The summed E-state index contributed by atoms with van der Waals surface area (Å²) in [7, 11) is 0. The molecule has 0 aliphatic carbocycles. The van der Waals surface area contributed by atoms with Crippen molar-refractivity contribution in [2.45, 2.75) is 6.54 Å². The molecule has 3 aromatic rings. The Kier molecular flexibility index (Phi) is 3.70. The van der Waals surface area contributed by atoms with Gasteiger partial charge in [0.2, 0.25) is 0 Å². The Hall–Kier alpha value is -2.26. The van der Waals surface area contributed by atoms with E-state index >= 15 is 0 Å². The van der Waals surface area contributed by atoms with Gasteiger partial charge in [-0.3, -0.25) is 0 Å². The molecule has 4 heteroatoms. The Morgan fingerprint density at radius 3 is 2.50 bits per heavy atom. The molecule has 0 saturated carbocycles. The van der Waals surface area contributed by atoms with Gasteiger partial charge in [0.1, 0.15) is 5.69 Å². The lowest BCUT2D eigenvalue weighted by Crippen LogP contribution is -1.97. The van der Waals surface area contributed by atoms with E-state index in [4.69, 9.17) is 16.1 Å². The van der Waals surface area contributed by atoms with Crippen molar-refractivity contribution in [3.05, 3.63) is 71.4 Å². The van der Waals surface area contributed by atoms with Gasteiger partial charge in [0.05, 0.1) is 6.54 Å². The predicted molar refractivity (Wildman–Crippen MR) is 80.7 cm³/mol. The van der Waals surface area contributed by atoms with E-state index in [2.05, 4.69) is 10.5 Å². The van der Waals surface area contributed by atoms with Gasteiger partial charge < -0.3 is 9.84 Å². The highest BCUT2D eigenvalue weighted by Gasteiger charge is 2.05. The summed E-state index contributed by atoms with van der Waals surface area (Å²) in [5.74, 6) is 0.791. The number of benzene rings is 2. The van der Waals surface area contributed by atoms with Crippen LogP contribution < -0.4 is 5.32 Å². The second-order valence-corrected chi connectivity index (χ2v) is 4.84. The average molecular weight is 285 g/mol. The number of anilines is 1. The van der Waals surface area contributed by atoms with Crippen LogP contribution in [0.3, 0.4) is 0 Å². The van der Waals surface area contributed by atoms with Crippen molar-refractivity contribution in [2.24, 2.45) is 0 Å². The van der Waals surface area contributed by atoms with Crippen molar-refractivity contribution in [3.63, 3.8) is 0 Å². The summed E-state index contributed by atoms with van der Waals surface area (Å²) in [6, 6.07) is 19.5. The molecular formula is C16H13ClN2O. The van der Waals surface area contributed by atoms with E-state index in [1.54, 1.807) is 0 Å². The molecule has 1 aromatic heterocycles. The topological polar surface area (TPSA) is 38.1 Å². The molecule has 2 aromatic carbocycles. The number of hydrogen-bond acceptors (Lipinski definition) is 3. The summed E-state index contributed by atoms with van der Waals surface area (Å²) in [6.45, 7) is 0.585. The third-order valence-corrected chi connectivity index (χ3v) is 3.19. The van der Waals surface area contributed by atoms with Gasteiger partial charge in [0.15, 0.2) is 5.76 Å². The second kappa shape index (κ2) is 5.80. The largest absolute Gasteiger partial charge is 0.378 e. The van der Waals surface area contributed by atoms with Crippen LogP contribution in [0.25, 0.3) is 11.3 Å². The Balaban J connectivity index is 1.67. The Bertz CT molecular complexity index is 677. The first-order valence-corrected chi connectivity index (χ1v) is 6.69. The van der Waals surface area contributed by atoms with E-state index in [0.29, 0.717) is 6.54 Å². The zero-order valence-corrected chi connectivity index (χ0v) is 11.5. The molecule has 0 aliphatic rings. The normalized spacial score (nSPS) is 10.4. The predicted octanol–water partition coefficient (Wildman–Crippen LogP) is 4.61. The average Bonchev–Trinajstić information content (AvgIpc) is 2.97. The lowest BCUT2D eigenvalue weighted by atomic mass is 10.1. The van der Waals surface area contributed by atoms with Crippen LogP contribution in [0.5, 0.6) is 0 Å². The number of nitrogens with zero attached hydrogens (tertiary/aromatic N) is 1. The maximum absolute atomic E-state index is 5.84. The summed E-state index contributed by atoms with van der Waals surface area (Å²) in [5, 5.41) is 8.06. The van der Waals surface area contributed by atoms with Crippen LogP contribution in [0.4, 0.5) is 5.69 Å². The van der Waals surface area contributed by atoms with Gasteiger partial charge in [-0.05, 0) is 24.3 Å². The highest BCUT2D eigenvalue weighted by atomic mass is 35.5. The first-order chi connectivity index (χ1) is 9.81. The Labute approximate surface area is 122 Å². The highest BCUT2D eigenvalue weighted by Crippen LogP contribution is 2.19. The third kappa shape index (κ3) is 3.00. The van der Waals surface area contributed by atoms with Crippen LogP contribution >= 0.6 is 11.6 Å². The first kappa shape index (κ1) is 12.8. The molecule has 3 rings (SSSR count). The van der Waals surface area contributed by atoms with Gasteiger partial charge in [0, 0.05) is 22.3 Å². The Morgan fingerprint density at radius 1 is 1.00 bits per heavy atom.